The predicted molar refractivity (Wildman–Crippen MR) is 130 cm³/mol. The van der Waals surface area contributed by atoms with E-state index in [0.29, 0.717) is 27.6 Å². The number of hydrogen-bond donors (Lipinski definition) is 0. The molecule has 4 aromatic rings. The molecular formula is C28H23FN4O2. The van der Waals surface area contributed by atoms with Gasteiger partial charge in [0, 0.05) is 37.8 Å². The molecule has 0 radical (unpaired) electrons. The lowest BCUT2D eigenvalue weighted by molar-refractivity contribution is -0.129. The van der Waals surface area contributed by atoms with Crippen molar-refractivity contribution in [3.63, 3.8) is 0 Å². The smallest absolute Gasteiger partial charge is 0.227 e. The largest absolute Gasteiger partial charge is 0.485 e. The molecule has 7 heteroatoms. The number of hydrogen-bond acceptors (Lipinski definition) is 4. The number of nitrogens with zero attached hydrogens (tertiary/aromatic N) is 4. The average Bonchev–Trinajstić information content (AvgIpc) is 3.18. The van der Waals surface area contributed by atoms with Crippen LogP contribution in [0.15, 0.2) is 66.9 Å². The van der Waals surface area contributed by atoms with E-state index in [1.165, 1.54) is 6.07 Å². The van der Waals surface area contributed by atoms with Gasteiger partial charge in [-0.2, -0.15) is 10.5 Å². The van der Waals surface area contributed by atoms with Crippen LogP contribution in [-0.2, 0) is 31.4 Å². The fraction of sp³-hybridized carbons (Fsp3) is 0.179. The summed E-state index contributed by atoms with van der Waals surface area (Å²) in [5.74, 6) is -0.658. The van der Waals surface area contributed by atoms with E-state index in [0.717, 1.165) is 11.1 Å². The van der Waals surface area contributed by atoms with Crippen LogP contribution in [0.3, 0.4) is 0 Å². The first-order valence-electron chi connectivity index (χ1n) is 11.0. The van der Waals surface area contributed by atoms with E-state index in [4.69, 9.17) is 4.74 Å². The summed E-state index contributed by atoms with van der Waals surface area (Å²) in [5, 5.41) is 19.2. The van der Waals surface area contributed by atoms with E-state index in [1.807, 2.05) is 23.7 Å². The number of halogens is 1. The molecule has 0 saturated heterocycles. The number of rotatable bonds is 7. The van der Waals surface area contributed by atoms with Gasteiger partial charge in [0.05, 0.1) is 35.2 Å². The van der Waals surface area contributed by atoms with Crippen molar-refractivity contribution in [1.82, 2.24) is 9.47 Å². The third kappa shape index (κ3) is 4.85. The Morgan fingerprint density at radius 3 is 2.29 bits per heavy atom. The number of carbonyl (C=O) groups excluding carboxylic acids is 1. The summed E-state index contributed by atoms with van der Waals surface area (Å²) in [6, 6.07) is 21.4. The summed E-state index contributed by atoms with van der Waals surface area (Å²) in [6.45, 7) is 0.308. The molecule has 4 rings (SSSR count). The molecule has 1 heterocycles. The van der Waals surface area contributed by atoms with Crippen LogP contribution in [0, 0.1) is 28.5 Å². The molecule has 1 aromatic heterocycles. The Bertz CT molecular complexity index is 1490. The van der Waals surface area contributed by atoms with Crippen molar-refractivity contribution in [3.05, 3.63) is 100 Å². The van der Waals surface area contributed by atoms with Gasteiger partial charge in [-0.1, -0.05) is 36.4 Å². The van der Waals surface area contributed by atoms with E-state index in [9.17, 15) is 19.7 Å². The van der Waals surface area contributed by atoms with Crippen LogP contribution in [0.1, 0.15) is 27.8 Å². The molecule has 0 bridgehead atoms. The average molecular weight is 467 g/mol. The minimum absolute atomic E-state index is 0.0207. The molecule has 0 aliphatic heterocycles. The normalized spacial score (nSPS) is 10.5. The van der Waals surface area contributed by atoms with E-state index >= 15 is 0 Å². The number of ether oxygens (including phenoxy) is 1. The van der Waals surface area contributed by atoms with Crippen molar-refractivity contribution in [2.24, 2.45) is 7.05 Å². The van der Waals surface area contributed by atoms with Crippen molar-refractivity contribution >= 4 is 16.8 Å². The Morgan fingerprint density at radius 2 is 1.60 bits per heavy atom. The van der Waals surface area contributed by atoms with Crippen LogP contribution in [0.4, 0.5) is 4.39 Å². The minimum atomic E-state index is -0.539. The van der Waals surface area contributed by atoms with Gasteiger partial charge in [0.25, 0.3) is 0 Å². The zero-order valence-electron chi connectivity index (χ0n) is 19.5. The van der Waals surface area contributed by atoms with Crippen LogP contribution in [-0.4, -0.2) is 22.4 Å². The number of nitriles is 2. The summed E-state index contributed by atoms with van der Waals surface area (Å²) >= 11 is 0. The Hall–Kier alpha value is -4.62. The summed E-state index contributed by atoms with van der Waals surface area (Å²) in [6.07, 6.45) is 1.84. The molecule has 0 aliphatic rings. The van der Waals surface area contributed by atoms with E-state index in [1.54, 1.807) is 60.6 Å². The standard InChI is InChI=1S/C28H23FN4O2/c1-32-17-23(13-26(34)33(2)16-21-9-5-3-7-19(21)14-30)27-25(32)12-11-24(29)28(27)35-18-22-10-6-4-8-20(22)15-31/h3-12,17H,13,16,18H2,1-2H3. The van der Waals surface area contributed by atoms with Crippen molar-refractivity contribution < 1.29 is 13.9 Å². The van der Waals surface area contributed by atoms with E-state index in [-0.39, 0.29) is 31.2 Å². The van der Waals surface area contributed by atoms with Gasteiger partial charge in [-0.3, -0.25) is 4.79 Å². The minimum Gasteiger partial charge on any atom is -0.485 e. The molecule has 0 aliphatic carbocycles. The highest BCUT2D eigenvalue weighted by Crippen LogP contribution is 2.34. The topological polar surface area (TPSA) is 82.1 Å². The lowest BCUT2D eigenvalue weighted by Gasteiger charge is -2.18. The quantitative estimate of drug-likeness (QED) is 0.390. The molecular weight excluding hydrogens is 443 g/mol. The van der Waals surface area contributed by atoms with Gasteiger partial charge in [0.2, 0.25) is 5.91 Å². The second kappa shape index (κ2) is 10.1. The van der Waals surface area contributed by atoms with Crippen molar-refractivity contribution in [2.75, 3.05) is 7.05 Å². The molecule has 0 fully saturated rings. The first kappa shape index (κ1) is 23.5. The molecule has 35 heavy (non-hydrogen) atoms. The van der Waals surface area contributed by atoms with Gasteiger partial charge in [0.1, 0.15) is 6.61 Å². The lowest BCUT2D eigenvalue weighted by atomic mass is 10.1. The number of amides is 1. The Kier molecular flexibility index (Phi) is 6.80. The van der Waals surface area contributed by atoms with Crippen LogP contribution >= 0.6 is 0 Å². The fourth-order valence-electron chi connectivity index (χ4n) is 4.11. The predicted octanol–water partition coefficient (Wildman–Crippen LogP) is 4.84. The fourth-order valence-corrected chi connectivity index (χ4v) is 4.11. The molecule has 0 saturated carbocycles. The second-order valence-electron chi connectivity index (χ2n) is 8.29. The molecule has 6 nitrogen and oxygen atoms in total. The van der Waals surface area contributed by atoms with Crippen LogP contribution < -0.4 is 4.74 Å². The maximum Gasteiger partial charge on any atom is 0.227 e. The Balaban J connectivity index is 1.62. The molecule has 174 valence electrons. The van der Waals surface area contributed by atoms with Crippen LogP contribution in [0.25, 0.3) is 10.9 Å². The zero-order chi connectivity index (χ0) is 24.9. The summed E-state index contributed by atoms with van der Waals surface area (Å²) < 4.78 is 22.7. The summed E-state index contributed by atoms with van der Waals surface area (Å²) in [7, 11) is 3.51. The molecule has 1 amide bonds. The summed E-state index contributed by atoms with van der Waals surface area (Å²) in [5.41, 5.74) is 3.76. The maximum absolute atomic E-state index is 14.9. The monoisotopic (exact) mass is 466 g/mol. The lowest BCUT2D eigenvalue weighted by Crippen LogP contribution is -2.28. The third-order valence-electron chi connectivity index (χ3n) is 5.96. The van der Waals surface area contributed by atoms with Gasteiger partial charge < -0.3 is 14.2 Å². The second-order valence-corrected chi connectivity index (χ2v) is 8.29. The van der Waals surface area contributed by atoms with Gasteiger partial charge in [-0.25, -0.2) is 4.39 Å². The van der Waals surface area contributed by atoms with E-state index < -0.39 is 5.82 Å². The van der Waals surface area contributed by atoms with E-state index in [2.05, 4.69) is 12.1 Å². The number of aryl methyl sites for hydroxylation is 1. The number of likely N-dealkylation sites (N-methyl/N-ethyl adjacent to an activating group) is 1. The van der Waals surface area contributed by atoms with Gasteiger partial charge >= 0.3 is 0 Å². The Morgan fingerprint density at radius 1 is 0.971 bits per heavy atom. The highest BCUT2D eigenvalue weighted by Gasteiger charge is 2.20. The van der Waals surface area contributed by atoms with Crippen molar-refractivity contribution in [2.45, 2.75) is 19.6 Å². The maximum atomic E-state index is 14.9. The first-order valence-corrected chi connectivity index (χ1v) is 11.0. The van der Waals surface area contributed by atoms with Crippen molar-refractivity contribution in [3.8, 4) is 17.9 Å². The van der Waals surface area contributed by atoms with Gasteiger partial charge in [-0.15, -0.1) is 0 Å². The first-order chi connectivity index (χ1) is 16.9. The molecule has 3 aromatic carbocycles. The molecule has 0 N–H and O–H groups in total. The molecule has 0 unspecified atom stereocenters. The number of fused-ring (bicyclic) bond motifs is 1. The van der Waals surface area contributed by atoms with Crippen LogP contribution in [0.5, 0.6) is 5.75 Å². The summed E-state index contributed by atoms with van der Waals surface area (Å²) in [4.78, 5) is 14.6. The number of carbonyl (C=O) groups is 1. The van der Waals surface area contributed by atoms with Crippen LogP contribution in [0.2, 0.25) is 0 Å². The zero-order valence-corrected chi connectivity index (χ0v) is 19.5. The van der Waals surface area contributed by atoms with Gasteiger partial charge in [0.15, 0.2) is 11.6 Å². The molecule has 0 atom stereocenters. The molecule has 0 spiro atoms. The highest BCUT2D eigenvalue weighted by molar-refractivity contribution is 5.93. The highest BCUT2D eigenvalue weighted by atomic mass is 19.1. The van der Waals surface area contributed by atoms with Gasteiger partial charge in [-0.05, 0) is 35.4 Å². The number of aromatic nitrogens is 1. The third-order valence-corrected chi connectivity index (χ3v) is 5.96. The SMILES string of the molecule is CN(Cc1ccccc1C#N)C(=O)Cc1cn(C)c2ccc(F)c(OCc3ccccc3C#N)c12. The van der Waals surface area contributed by atoms with Crippen molar-refractivity contribution in [1.29, 1.82) is 10.5 Å². The number of benzene rings is 3. The Labute approximate surface area is 203 Å².